The van der Waals surface area contributed by atoms with E-state index in [1.54, 1.807) is 0 Å². The summed E-state index contributed by atoms with van der Waals surface area (Å²) in [6.07, 6.45) is 0. The minimum absolute atomic E-state index is 0.0606. The number of para-hydroxylation sites is 1. The first-order chi connectivity index (χ1) is 8.16. The van der Waals surface area contributed by atoms with Crippen LogP contribution in [-0.4, -0.2) is 5.91 Å². The molecule has 0 saturated heterocycles. The van der Waals surface area contributed by atoms with E-state index in [1.807, 2.05) is 48.5 Å². The third-order valence-electron chi connectivity index (χ3n) is 2.39. The number of nitrogens with one attached hydrogen (secondary N) is 1. The molecule has 1 amide bonds. The van der Waals surface area contributed by atoms with Crippen molar-refractivity contribution in [1.29, 1.82) is 0 Å². The molecule has 0 aliphatic heterocycles. The number of amides is 1. The smallest absolute Gasteiger partial charge is 0.221 e. The molecule has 0 unspecified atom stereocenters. The van der Waals surface area contributed by atoms with E-state index in [-0.39, 0.29) is 5.91 Å². The van der Waals surface area contributed by atoms with Gasteiger partial charge in [-0.3, -0.25) is 4.79 Å². The fourth-order valence-corrected chi connectivity index (χ4v) is 1.93. The number of anilines is 1. The molecule has 0 heterocycles. The third kappa shape index (κ3) is 2.94. The highest BCUT2D eigenvalue weighted by atomic mass is 79.9. The zero-order valence-electron chi connectivity index (χ0n) is 9.41. The maximum Gasteiger partial charge on any atom is 0.221 e. The van der Waals surface area contributed by atoms with E-state index in [0.29, 0.717) is 0 Å². The lowest BCUT2D eigenvalue weighted by Gasteiger charge is -2.09. The van der Waals surface area contributed by atoms with Gasteiger partial charge >= 0.3 is 0 Å². The number of halogens is 1. The molecule has 1 N–H and O–H groups in total. The van der Waals surface area contributed by atoms with E-state index in [0.717, 1.165) is 21.3 Å². The maximum absolute atomic E-state index is 11.1. The summed E-state index contributed by atoms with van der Waals surface area (Å²) in [5.74, 6) is -0.0606. The zero-order chi connectivity index (χ0) is 12.3. The zero-order valence-corrected chi connectivity index (χ0v) is 11.0. The first kappa shape index (κ1) is 11.9. The first-order valence-electron chi connectivity index (χ1n) is 5.29. The van der Waals surface area contributed by atoms with Gasteiger partial charge in [0.05, 0.1) is 0 Å². The van der Waals surface area contributed by atoms with Gasteiger partial charge in [-0.05, 0) is 23.8 Å². The van der Waals surface area contributed by atoms with Gasteiger partial charge in [0.2, 0.25) is 5.91 Å². The summed E-state index contributed by atoms with van der Waals surface area (Å²) in [7, 11) is 0. The Balaban J connectivity index is 2.44. The van der Waals surface area contributed by atoms with Crippen LogP contribution in [-0.2, 0) is 4.79 Å². The Bertz CT molecular complexity index is 534. The lowest BCUT2D eigenvalue weighted by molar-refractivity contribution is -0.114. The van der Waals surface area contributed by atoms with Gasteiger partial charge in [0, 0.05) is 22.6 Å². The SMILES string of the molecule is CC(=O)Nc1ccccc1-c1ccc(Br)cc1. The molecule has 2 aromatic rings. The largest absolute Gasteiger partial charge is 0.326 e. The third-order valence-corrected chi connectivity index (χ3v) is 2.92. The van der Waals surface area contributed by atoms with Crippen molar-refractivity contribution in [2.75, 3.05) is 5.32 Å². The Morgan fingerprint density at radius 2 is 1.71 bits per heavy atom. The number of carbonyl (C=O) groups excluding carboxylic acids is 1. The van der Waals surface area contributed by atoms with Crippen molar-refractivity contribution in [2.45, 2.75) is 6.92 Å². The monoisotopic (exact) mass is 289 g/mol. The van der Waals surface area contributed by atoms with Crippen LogP contribution in [0.2, 0.25) is 0 Å². The van der Waals surface area contributed by atoms with Gasteiger partial charge in [0.15, 0.2) is 0 Å². The summed E-state index contributed by atoms with van der Waals surface area (Å²) in [5.41, 5.74) is 2.94. The van der Waals surface area contributed by atoms with Gasteiger partial charge in [0.1, 0.15) is 0 Å². The normalized spacial score (nSPS) is 10.0. The van der Waals surface area contributed by atoms with Crippen LogP contribution in [0.25, 0.3) is 11.1 Å². The van der Waals surface area contributed by atoms with E-state index < -0.39 is 0 Å². The average Bonchev–Trinajstić information content (AvgIpc) is 2.30. The van der Waals surface area contributed by atoms with Crippen molar-refractivity contribution in [2.24, 2.45) is 0 Å². The number of hydrogen-bond acceptors (Lipinski definition) is 1. The standard InChI is InChI=1S/C14H12BrNO/c1-10(17)16-14-5-3-2-4-13(14)11-6-8-12(15)9-7-11/h2-9H,1H3,(H,16,17). The molecular formula is C14H12BrNO. The van der Waals surface area contributed by atoms with Gasteiger partial charge in [-0.2, -0.15) is 0 Å². The van der Waals surface area contributed by atoms with Crippen LogP contribution < -0.4 is 5.32 Å². The van der Waals surface area contributed by atoms with Crippen LogP contribution in [0.4, 0.5) is 5.69 Å². The van der Waals surface area contributed by atoms with Crippen molar-refractivity contribution >= 4 is 27.5 Å². The molecule has 0 aliphatic carbocycles. The summed E-state index contributed by atoms with van der Waals surface area (Å²) in [6.45, 7) is 1.51. The van der Waals surface area contributed by atoms with Gasteiger partial charge in [0.25, 0.3) is 0 Å². The molecule has 3 heteroatoms. The summed E-state index contributed by atoms with van der Waals surface area (Å²) >= 11 is 3.41. The summed E-state index contributed by atoms with van der Waals surface area (Å²) in [4.78, 5) is 11.1. The average molecular weight is 290 g/mol. The Morgan fingerprint density at radius 1 is 1.06 bits per heavy atom. The molecule has 0 fully saturated rings. The molecule has 2 rings (SSSR count). The quantitative estimate of drug-likeness (QED) is 0.887. The van der Waals surface area contributed by atoms with Crippen LogP contribution in [0.5, 0.6) is 0 Å². The highest BCUT2D eigenvalue weighted by molar-refractivity contribution is 9.10. The molecule has 0 aliphatic rings. The topological polar surface area (TPSA) is 29.1 Å². The van der Waals surface area contributed by atoms with Gasteiger partial charge in [-0.15, -0.1) is 0 Å². The van der Waals surface area contributed by atoms with E-state index in [1.165, 1.54) is 6.92 Å². The minimum atomic E-state index is -0.0606. The fraction of sp³-hybridized carbons (Fsp3) is 0.0714. The fourth-order valence-electron chi connectivity index (χ4n) is 1.66. The molecule has 0 radical (unpaired) electrons. The van der Waals surface area contributed by atoms with E-state index in [9.17, 15) is 4.79 Å². The van der Waals surface area contributed by atoms with E-state index >= 15 is 0 Å². The Labute approximate surface area is 109 Å². The van der Waals surface area contributed by atoms with Crippen molar-refractivity contribution in [1.82, 2.24) is 0 Å². The van der Waals surface area contributed by atoms with E-state index in [2.05, 4.69) is 21.2 Å². The number of rotatable bonds is 2. The summed E-state index contributed by atoms with van der Waals surface area (Å²) in [6, 6.07) is 15.8. The van der Waals surface area contributed by atoms with Crippen LogP contribution in [0.1, 0.15) is 6.92 Å². The van der Waals surface area contributed by atoms with E-state index in [4.69, 9.17) is 0 Å². The highest BCUT2D eigenvalue weighted by Crippen LogP contribution is 2.28. The number of hydrogen-bond donors (Lipinski definition) is 1. The van der Waals surface area contributed by atoms with Crippen LogP contribution in [0.15, 0.2) is 53.0 Å². The minimum Gasteiger partial charge on any atom is -0.326 e. The molecule has 0 saturated carbocycles. The summed E-state index contributed by atoms with van der Waals surface area (Å²) in [5, 5.41) is 2.84. The van der Waals surface area contributed by atoms with Crippen LogP contribution >= 0.6 is 15.9 Å². The van der Waals surface area contributed by atoms with Gasteiger partial charge in [-0.1, -0.05) is 46.3 Å². The van der Waals surface area contributed by atoms with Crippen molar-refractivity contribution in [3.63, 3.8) is 0 Å². The second kappa shape index (κ2) is 5.15. The Hall–Kier alpha value is -1.61. The van der Waals surface area contributed by atoms with Crippen LogP contribution in [0.3, 0.4) is 0 Å². The number of benzene rings is 2. The predicted molar refractivity (Wildman–Crippen MR) is 73.9 cm³/mol. The Kier molecular flexibility index (Phi) is 3.59. The molecule has 0 aromatic heterocycles. The molecule has 0 spiro atoms. The second-order valence-corrected chi connectivity index (χ2v) is 4.65. The van der Waals surface area contributed by atoms with Gasteiger partial charge in [-0.25, -0.2) is 0 Å². The molecule has 2 aromatic carbocycles. The molecule has 0 bridgehead atoms. The van der Waals surface area contributed by atoms with Crippen molar-refractivity contribution < 1.29 is 4.79 Å². The highest BCUT2D eigenvalue weighted by Gasteiger charge is 2.05. The van der Waals surface area contributed by atoms with Crippen molar-refractivity contribution in [3.05, 3.63) is 53.0 Å². The second-order valence-electron chi connectivity index (χ2n) is 3.73. The molecular weight excluding hydrogens is 278 g/mol. The lowest BCUT2D eigenvalue weighted by Crippen LogP contribution is -2.06. The molecule has 0 atom stereocenters. The number of carbonyl (C=O) groups is 1. The van der Waals surface area contributed by atoms with Crippen molar-refractivity contribution in [3.8, 4) is 11.1 Å². The van der Waals surface area contributed by atoms with Gasteiger partial charge < -0.3 is 5.32 Å². The lowest BCUT2D eigenvalue weighted by atomic mass is 10.0. The molecule has 2 nitrogen and oxygen atoms in total. The first-order valence-corrected chi connectivity index (χ1v) is 6.08. The summed E-state index contributed by atoms with van der Waals surface area (Å²) < 4.78 is 1.04. The predicted octanol–water partition coefficient (Wildman–Crippen LogP) is 4.07. The molecule has 17 heavy (non-hydrogen) atoms. The maximum atomic E-state index is 11.1. The van der Waals surface area contributed by atoms with Crippen LogP contribution in [0, 0.1) is 0 Å². The molecule has 86 valence electrons. The Morgan fingerprint density at radius 3 is 2.35 bits per heavy atom.